The van der Waals surface area contributed by atoms with E-state index in [0.717, 1.165) is 12.1 Å². The Morgan fingerprint density at radius 1 is 1.28 bits per heavy atom. The van der Waals surface area contributed by atoms with E-state index in [1.807, 2.05) is 0 Å². The van der Waals surface area contributed by atoms with Gasteiger partial charge in [-0.2, -0.15) is 13.2 Å². The summed E-state index contributed by atoms with van der Waals surface area (Å²) < 4.78 is 37.9. The number of hydrogen-bond donors (Lipinski definition) is 2. The van der Waals surface area contributed by atoms with Gasteiger partial charge in [0.2, 0.25) is 5.91 Å². The van der Waals surface area contributed by atoms with Crippen LogP contribution in [0.4, 0.5) is 13.2 Å². The van der Waals surface area contributed by atoms with E-state index in [-0.39, 0.29) is 0 Å². The van der Waals surface area contributed by atoms with Crippen LogP contribution in [0.1, 0.15) is 22.8 Å². The predicted octanol–water partition coefficient (Wildman–Crippen LogP) is 1.31. The molecule has 1 aromatic rings. The predicted molar refractivity (Wildman–Crippen MR) is 57.6 cm³/mol. The van der Waals surface area contributed by atoms with Gasteiger partial charge in [-0.25, -0.2) is 0 Å². The van der Waals surface area contributed by atoms with Crippen LogP contribution >= 0.6 is 0 Å². The van der Waals surface area contributed by atoms with Crippen LogP contribution in [-0.4, -0.2) is 17.9 Å². The summed E-state index contributed by atoms with van der Waals surface area (Å²) in [6.07, 6.45) is -4.64. The molecule has 98 valence electrons. The van der Waals surface area contributed by atoms with Crippen LogP contribution < -0.4 is 11.1 Å². The highest BCUT2D eigenvalue weighted by atomic mass is 19.4. The molecule has 0 fully saturated rings. The summed E-state index contributed by atoms with van der Waals surface area (Å²) in [7, 11) is 0. The highest BCUT2D eigenvalue weighted by Gasteiger charge is 2.35. The number of halogens is 3. The second-order valence-electron chi connectivity index (χ2n) is 3.64. The number of benzene rings is 1. The zero-order valence-corrected chi connectivity index (χ0v) is 9.41. The summed E-state index contributed by atoms with van der Waals surface area (Å²) in [4.78, 5) is 22.3. The molecule has 0 unspecified atom stereocenters. The van der Waals surface area contributed by atoms with Crippen LogP contribution in [-0.2, 0) is 11.0 Å². The molecule has 1 atom stereocenters. The molecule has 4 nitrogen and oxygen atoms in total. The fraction of sp³-hybridized carbons (Fsp3) is 0.273. The van der Waals surface area contributed by atoms with E-state index in [9.17, 15) is 22.8 Å². The Labute approximate surface area is 101 Å². The zero-order valence-electron chi connectivity index (χ0n) is 9.41. The number of alkyl halides is 3. The molecule has 1 aromatic carbocycles. The van der Waals surface area contributed by atoms with Gasteiger partial charge in [0.15, 0.2) is 0 Å². The van der Waals surface area contributed by atoms with Crippen LogP contribution in [0.15, 0.2) is 24.3 Å². The summed E-state index contributed by atoms with van der Waals surface area (Å²) in [5.41, 5.74) is 3.31. The van der Waals surface area contributed by atoms with E-state index >= 15 is 0 Å². The van der Waals surface area contributed by atoms with Gasteiger partial charge in [0.1, 0.15) is 6.04 Å². The van der Waals surface area contributed by atoms with Crippen LogP contribution in [0.5, 0.6) is 0 Å². The summed E-state index contributed by atoms with van der Waals surface area (Å²) in [6.45, 7) is 1.29. The molecule has 0 aromatic heterocycles. The van der Waals surface area contributed by atoms with Crippen molar-refractivity contribution in [3.05, 3.63) is 35.4 Å². The molecule has 0 saturated heterocycles. The van der Waals surface area contributed by atoms with Gasteiger partial charge in [-0.15, -0.1) is 0 Å². The third-order valence-corrected chi connectivity index (χ3v) is 2.25. The molecule has 0 aliphatic heterocycles. The number of hydrogen-bond acceptors (Lipinski definition) is 2. The summed E-state index contributed by atoms with van der Waals surface area (Å²) in [5, 5.41) is 2.09. The van der Waals surface area contributed by atoms with Gasteiger partial charge >= 0.3 is 6.18 Å². The minimum Gasteiger partial charge on any atom is -0.368 e. The van der Waals surface area contributed by atoms with E-state index in [4.69, 9.17) is 5.73 Å². The Bertz CT molecular complexity index is 472. The second-order valence-corrected chi connectivity index (χ2v) is 3.64. The molecule has 7 heteroatoms. The largest absolute Gasteiger partial charge is 0.417 e. The van der Waals surface area contributed by atoms with Crippen LogP contribution in [0, 0.1) is 0 Å². The van der Waals surface area contributed by atoms with E-state index in [1.165, 1.54) is 19.1 Å². The van der Waals surface area contributed by atoms with Crippen molar-refractivity contribution in [3.8, 4) is 0 Å². The van der Waals surface area contributed by atoms with Crippen LogP contribution in [0.2, 0.25) is 0 Å². The molecule has 0 aliphatic carbocycles. The maximum Gasteiger partial charge on any atom is 0.417 e. The first-order valence-electron chi connectivity index (χ1n) is 5.00. The molecule has 0 radical (unpaired) electrons. The number of nitrogens with one attached hydrogen (secondary N) is 1. The van der Waals surface area contributed by atoms with Gasteiger partial charge < -0.3 is 11.1 Å². The highest BCUT2D eigenvalue weighted by Crippen LogP contribution is 2.31. The average Bonchev–Trinajstić information content (AvgIpc) is 2.27. The zero-order chi connectivity index (χ0) is 13.9. The second kappa shape index (κ2) is 5.07. The number of carbonyl (C=O) groups excluding carboxylic acids is 2. The summed E-state index contributed by atoms with van der Waals surface area (Å²) >= 11 is 0. The van der Waals surface area contributed by atoms with Crippen molar-refractivity contribution in [2.24, 2.45) is 5.73 Å². The van der Waals surface area contributed by atoms with Gasteiger partial charge in [-0.05, 0) is 19.1 Å². The van der Waals surface area contributed by atoms with Crippen LogP contribution in [0.3, 0.4) is 0 Å². The monoisotopic (exact) mass is 260 g/mol. The Morgan fingerprint density at radius 3 is 2.33 bits per heavy atom. The molecule has 0 aliphatic rings. The topological polar surface area (TPSA) is 72.2 Å². The first kappa shape index (κ1) is 14.0. The Hall–Kier alpha value is -2.05. The molecule has 18 heavy (non-hydrogen) atoms. The molecule has 2 amide bonds. The first-order chi connectivity index (χ1) is 8.23. The molecular formula is C11H11F3N2O2. The van der Waals surface area contributed by atoms with E-state index in [2.05, 4.69) is 5.32 Å². The average molecular weight is 260 g/mol. The van der Waals surface area contributed by atoms with E-state index in [1.54, 1.807) is 0 Å². The van der Waals surface area contributed by atoms with Crippen molar-refractivity contribution in [1.29, 1.82) is 0 Å². The first-order valence-corrected chi connectivity index (χ1v) is 5.00. The molecule has 3 N–H and O–H groups in total. The third kappa shape index (κ3) is 3.22. The molecule has 0 saturated carbocycles. The van der Waals surface area contributed by atoms with Crippen molar-refractivity contribution < 1.29 is 22.8 Å². The van der Waals surface area contributed by atoms with Gasteiger partial charge in [0.05, 0.1) is 11.1 Å². The Balaban J connectivity index is 3.03. The highest BCUT2D eigenvalue weighted by molar-refractivity contribution is 5.98. The van der Waals surface area contributed by atoms with Gasteiger partial charge in [-0.3, -0.25) is 9.59 Å². The fourth-order valence-electron chi connectivity index (χ4n) is 1.27. The smallest absolute Gasteiger partial charge is 0.368 e. The van der Waals surface area contributed by atoms with Crippen LogP contribution in [0.25, 0.3) is 0 Å². The maximum absolute atomic E-state index is 12.6. The fourth-order valence-corrected chi connectivity index (χ4v) is 1.27. The van der Waals surface area contributed by atoms with Crippen molar-refractivity contribution in [2.45, 2.75) is 19.1 Å². The minimum absolute atomic E-state index is 0.543. The molecular weight excluding hydrogens is 249 g/mol. The number of rotatable bonds is 3. The van der Waals surface area contributed by atoms with Gasteiger partial charge in [-0.1, -0.05) is 12.1 Å². The van der Waals surface area contributed by atoms with Gasteiger partial charge in [0.25, 0.3) is 5.91 Å². The van der Waals surface area contributed by atoms with Gasteiger partial charge in [0, 0.05) is 0 Å². The summed E-state index contributed by atoms with van der Waals surface area (Å²) in [6, 6.07) is 3.27. The lowest BCUT2D eigenvalue weighted by molar-refractivity contribution is -0.137. The Morgan fingerprint density at radius 2 is 1.83 bits per heavy atom. The summed E-state index contributed by atoms with van der Waals surface area (Å²) in [5.74, 6) is -1.82. The lowest BCUT2D eigenvalue weighted by Gasteiger charge is -2.14. The molecule has 0 spiro atoms. The van der Waals surface area contributed by atoms with Crippen molar-refractivity contribution in [3.63, 3.8) is 0 Å². The third-order valence-electron chi connectivity index (χ3n) is 2.25. The lowest BCUT2D eigenvalue weighted by atomic mass is 10.1. The van der Waals surface area contributed by atoms with Crippen molar-refractivity contribution >= 4 is 11.8 Å². The Kier molecular flexibility index (Phi) is 3.95. The number of carbonyl (C=O) groups is 2. The standard InChI is InChI=1S/C11H11F3N2O2/c1-6(9(15)17)16-10(18)7-4-2-3-5-8(7)11(12,13)14/h2-6H,1H3,(H2,15,17)(H,16,18)/t6-/m0/s1. The molecule has 0 heterocycles. The molecule has 1 rings (SSSR count). The van der Waals surface area contributed by atoms with E-state index < -0.39 is 35.2 Å². The van der Waals surface area contributed by atoms with Crippen molar-refractivity contribution in [2.75, 3.05) is 0 Å². The quantitative estimate of drug-likeness (QED) is 0.860. The maximum atomic E-state index is 12.6. The number of primary amides is 1. The SMILES string of the molecule is C[C@H](NC(=O)c1ccccc1C(F)(F)F)C(N)=O. The number of amides is 2. The van der Waals surface area contributed by atoms with E-state index in [0.29, 0.717) is 0 Å². The normalized spacial score (nSPS) is 12.9. The molecule has 0 bridgehead atoms. The lowest BCUT2D eigenvalue weighted by Crippen LogP contribution is -2.42. The van der Waals surface area contributed by atoms with Crippen molar-refractivity contribution in [1.82, 2.24) is 5.32 Å². The number of nitrogens with two attached hydrogens (primary N) is 1. The minimum atomic E-state index is -4.64.